The van der Waals surface area contributed by atoms with Crippen molar-refractivity contribution in [2.45, 2.75) is 25.3 Å². The molecular formula is C24H27FN4O3. The number of carbonyl (C=O) groups excluding carboxylic acids is 1. The molecule has 2 aromatic carbocycles. The predicted molar refractivity (Wildman–Crippen MR) is 118 cm³/mol. The highest BCUT2D eigenvalue weighted by Crippen LogP contribution is 2.27. The van der Waals surface area contributed by atoms with E-state index in [1.165, 1.54) is 12.1 Å². The quantitative estimate of drug-likeness (QED) is 0.560. The van der Waals surface area contributed by atoms with Gasteiger partial charge >= 0.3 is 0 Å². The van der Waals surface area contributed by atoms with Crippen molar-refractivity contribution in [1.29, 1.82) is 0 Å². The van der Waals surface area contributed by atoms with Gasteiger partial charge < -0.3 is 14.2 Å². The maximum absolute atomic E-state index is 13.5. The maximum atomic E-state index is 13.5. The van der Waals surface area contributed by atoms with Crippen LogP contribution >= 0.6 is 0 Å². The summed E-state index contributed by atoms with van der Waals surface area (Å²) in [7, 11) is 3.44. The minimum Gasteiger partial charge on any atom is -0.497 e. The molecule has 0 bridgehead atoms. The average Bonchev–Trinajstić information content (AvgIpc) is 3.30. The number of hydrogen-bond acceptors (Lipinski definition) is 6. The van der Waals surface area contributed by atoms with Crippen LogP contribution in [-0.2, 0) is 11.3 Å². The Morgan fingerprint density at radius 2 is 2.12 bits per heavy atom. The van der Waals surface area contributed by atoms with E-state index in [-0.39, 0.29) is 17.6 Å². The van der Waals surface area contributed by atoms with E-state index in [1.54, 1.807) is 24.1 Å². The van der Waals surface area contributed by atoms with Crippen LogP contribution in [-0.4, -0.2) is 59.6 Å². The van der Waals surface area contributed by atoms with Gasteiger partial charge in [0, 0.05) is 25.7 Å². The second-order valence-electron chi connectivity index (χ2n) is 8.14. The maximum Gasteiger partial charge on any atom is 0.236 e. The van der Waals surface area contributed by atoms with Gasteiger partial charge in [0.15, 0.2) is 0 Å². The van der Waals surface area contributed by atoms with Gasteiger partial charge in [0.25, 0.3) is 0 Å². The number of piperidine rings is 1. The summed E-state index contributed by atoms with van der Waals surface area (Å²) in [5.41, 5.74) is 1.61. The molecule has 32 heavy (non-hydrogen) atoms. The highest BCUT2D eigenvalue weighted by Gasteiger charge is 2.28. The summed E-state index contributed by atoms with van der Waals surface area (Å²) in [5, 5.41) is 4.02. The number of likely N-dealkylation sites (N-methyl/N-ethyl adjacent to an activating group) is 1. The first kappa shape index (κ1) is 22.0. The van der Waals surface area contributed by atoms with E-state index >= 15 is 0 Å². The predicted octanol–water partition coefficient (Wildman–Crippen LogP) is 3.72. The SMILES string of the molecule is COc1cccc(CN(C)C(=O)CN2CCCC(c3nc(-c4cccc(F)c4)no3)C2)c1. The van der Waals surface area contributed by atoms with Gasteiger partial charge in [-0.2, -0.15) is 4.98 Å². The molecule has 1 unspecified atom stereocenters. The number of rotatable bonds is 7. The molecule has 1 fully saturated rings. The number of methoxy groups -OCH3 is 1. The van der Waals surface area contributed by atoms with Crippen LogP contribution in [0.4, 0.5) is 4.39 Å². The van der Waals surface area contributed by atoms with Crippen molar-refractivity contribution in [2.75, 3.05) is 33.8 Å². The molecule has 2 heterocycles. The lowest BCUT2D eigenvalue weighted by atomic mass is 9.98. The highest BCUT2D eigenvalue weighted by molar-refractivity contribution is 5.78. The molecule has 1 aliphatic rings. The van der Waals surface area contributed by atoms with Crippen LogP contribution < -0.4 is 4.74 Å². The minimum atomic E-state index is -0.339. The van der Waals surface area contributed by atoms with E-state index in [2.05, 4.69) is 15.0 Å². The van der Waals surface area contributed by atoms with Gasteiger partial charge in [0.1, 0.15) is 11.6 Å². The van der Waals surface area contributed by atoms with Gasteiger partial charge in [-0.3, -0.25) is 9.69 Å². The van der Waals surface area contributed by atoms with Crippen LogP contribution in [0.1, 0.15) is 30.2 Å². The van der Waals surface area contributed by atoms with Gasteiger partial charge in [-0.1, -0.05) is 29.4 Å². The molecule has 0 aliphatic carbocycles. The summed E-state index contributed by atoms with van der Waals surface area (Å²) in [4.78, 5) is 21.1. The number of benzene rings is 2. The lowest BCUT2D eigenvalue weighted by Gasteiger charge is -2.31. The molecule has 1 amide bonds. The summed E-state index contributed by atoms with van der Waals surface area (Å²) in [5.74, 6) is 1.46. The Kier molecular flexibility index (Phi) is 6.80. The van der Waals surface area contributed by atoms with Crippen molar-refractivity contribution in [2.24, 2.45) is 0 Å². The summed E-state index contributed by atoms with van der Waals surface area (Å²) < 4.78 is 24.2. The van der Waals surface area contributed by atoms with Gasteiger partial charge in [-0.05, 0) is 49.2 Å². The van der Waals surface area contributed by atoms with E-state index in [4.69, 9.17) is 9.26 Å². The molecule has 0 saturated carbocycles. The Bertz CT molecular complexity index is 1070. The van der Waals surface area contributed by atoms with Gasteiger partial charge in [0.05, 0.1) is 19.6 Å². The smallest absolute Gasteiger partial charge is 0.236 e. The first-order valence-electron chi connectivity index (χ1n) is 10.7. The van der Waals surface area contributed by atoms with Crippen LogP contribution in [0.15, 0.2) is 53.1 Å². The molecule has 0 spiro atoms. The molecule has 1 aromatic heterocycles. The zero-order valence-corrected chi connectivity index (χ0v) is 18.3. The molecule has 168 valence electrons. The highest BCUT2D eigenvalue weighted by atomic mass is 19.1. The average molecular weight is 439 g/mol. The van der Waals surface area contributed by atoms with Crippen LogP contribution in [0, 0.1) is 5.82 Å². The van der Waals surface area contributed by atoms with Crippen molar-refractivity contribution >= 4 is 5.91 Å². The van der Waals surface area contributed by atoms with Crippen molar-refractivity contribution in [3.05, 3.63) is 65.8 Å². The molecule has 1 atom stereocenters. The number of likely N-dealkylation sites (tertiary alicyclic amines) is 1. The Hall–Kier alpha value is -3.26. The van der Waals surface area contributed by atoms with E-state index in [1.807, 2.05) is 31.3 Å². The molecule has 0 radical (unpaired) electrons. The number of carbonyl (C=O) groups is 1. The third-order valence-corrected chi connectivity index (χ3v) is 5.72. The number of amides is 1. The monoisotopic (exact) mass is 438 g/mol. The summed E-state index contributed by atoms with van der Waals surface area (Å²) in [6.07, 6.45) is 1.85. The van der Waals surface area contributed by atoms with Crippen LogP contribution in [0.3, 0.4) is 0 Å². The van der Waals surface area contributed by atoms with E-state index < -0.39 is 0 Å². The Morgan fingerprint density at radius 3 is 2.94 bits per heavy atom. The fraction of sp³-hybridized carbons (Fsp3) is 0.375. The molecule has 3 aromatic rings. The molecule has 0 N–H and O–H groups in total. The molecule has 4 rings (SSSR count). The van der Waals surface area contributed by atoms with E-state index in [0.29, 0.717) is 36.9 Å². The van der Waals surface area contributed by atoms with Gasteiger partial charge in [0.2, 0.25) is 17.6 Å². The first-order valence-corrected chi connectivity index (χ1v) is 10.7. The number of ether oxygens (including phenoxy) is 1. The lowest BCUT2D eigenvalue weighted by molar-refractivity contribution is -0.132. The normalized spacial score (nSPS) is 16.7. The Labute approximate surface area is 186 Å². The fourth-order valence-corrected chi connectivity index (χ4v) is 3.99. The fourth-order valence-electron chi connectivity index (χ4n) is 3.99. The number of hydrogen-bond donors (Lipinski definition) is 0. The zero-order valence-electron chi connectivity index (χ0n) is 18.3. The van der Waals surface area contributed by atoms with Gasteiger partial charge in [-0.15, -0.1) is 0 Å². The number of aromatic nitrogens is 2. The molecule has 1 aliphatic heterocycles. The molecule has 8 heteroatoms. The second-order valence-corrected chi connectivity index (χ2v) is 8.14. The van der Waals surface area contributed by atoms with Gasteiger partial charge in [-0.25, -0.2) is 4.39 Å². The molecule has 1 saturated heterocycles. The summed E-state index contributed by atoms with van der Waals surface area (Å²) >= 11 is 0. The van der Waals surface area contributed by atoms with Crippen molar-refractivity contribution < 1.29 is 18.4 Å². The van der Waals surface area contributed by atoms with Crippen LogP contribution in [0.2, 0.25) is 0 Å². The third kappa shape index (κ3) is 5.31. The van der Waals surface area contributed by atoms with Crippen LogP contribution in [0.25, 0.3) is 11.4 Å². The lowest BCUT2D eigenvalue weighted by Crippen LogP contribution is -2.42. The summed E-state index contributed by atoms with van der Waals surface area (Å²) in [6.45, 7) is 2.37. The van der Waals surface area contributed by atoms with E-state index in [9.17, 15) is 9.18 Å². The van der Waals surface area contributed by atoms with Crippen molar-refractivity contribution in [3.8, 4) is 17.1 Å². The van der Waals surface area contributed by atoms with E-state index in [0.717, 1.165) is 30.7 Å². The standard InChI is InChI=1S/C24H27FN4O3/c1-28(14-17-6-3-10-21(12-17)31-2)22(30)16-29-11-5-8-19(15-29)24-26-23(27-32-24)18-7-4-9-20(25)13-18/h3-4,6-7,9-10,12-13,19H,5,8,11,14-16H2,1-2H3. The topological polar surface area (TPSA) is 71.7 Å². The zero-order chi connectivity index (χ0) is 22.5. The third-order valence-electron chi connectivity index (χ3n) is 5.72. The van der Waals surface area contributed by atoms with Crippen molar-refractivity contribution in [1.82, 2.24) is 19.9 Å². The molecular weight excluding hydrogens is 411 g/mol. The van der Waals surface area contributed by atoms with Crippen LogP contribution in [0.5, 0.6) is 5.75 Å². The number of nitrogens with zero attached hydrogens (tertiary/aromatic N) is 4. The second kappa shape index (κ2) is 9.91. The minimum absolute atomic E-state index is 0.0510. The largest absolute Gasteiger partial charge is 0.497 e. The van der Waals surface area contributed by atoms with Crippen molar-refractivity contribution in [3.63, 3.8) is 0 Å². The first-order chi connectivity index (χ1) is 15.5. The molecule has 7 nitrogen and oxygen atoms in total. The Balaban J connectivity index is 1.35. The Morgan fingerprint density at radius 1 is 1.28 bits per heavy atom. The number of halogens is 1. The summed E-state index contributed by atoms with van der Waals surface area (Å²) in [6, 6.07) is 13.9.